The number of benzene rings is 1. The summed E-state index contributed by atoms with van der Waals surface area (Å²) in [7, 11) is 1.59. The van der Waals surface area contributed by atoms with E-state index >= 15 is 0 Å². The lowest BCUT2D eigenvalue weighted by atomic mass is 10.0. The zero-order valence-corrected chi connectivity index (χ0v) is 8.71. The summed E-state index contributed by atoms with van der Waals surface area (Å²) in [6.07, 6.45) is -0.0150. The van der Waals surface area contributed by atoms with E-state index in [1.165, 1.54) is 0 Å². The molecule has 0 radical (unpaired) electrons. The van der Waals surface area contributed by atoms with Gasteiger partial charge in [0.15, 0.2) is 11.8 Å². The molecule has 0 aromatic heterocycles. The van der Waals surface area contributed by atoms with Gasteiger partial charge in [-0.15, -0.1) is 0 Å². The van der Waals surface area contributed by atoms with Gasteiger partial charge in [0.1, 0.15) is 5.75 Å². The molecular weight excluding hydrogens is 210 g/mol. The van der Waals surface area contributed by atoms with Crippen LogP contribution in [0.1, 0.15) is 18.1 Å². The smallest absolute Gasteiger partial charge is 0.353 e. The van der Waals surface area contributed by atoms with Gasteiger partial charge in [-0.05, 0) is 17.7 Å². The van der Waals surface area contributed by atoms with Crippen molar-refractivity contribution in [1.82, 2.24) is 0 Å². The number of aliphatic carboxylic acids is 1. The molecule has 1 aromatic carbocycles. The number of hydrogen-bond acceptors (Lipinski definition) is 4. The summed E-state index contributed by atoms with van der Waals surface area (Å²) >= 11 is 0. The Hall–Kier alpha value is -2.04. The largest absolute Gasteiger partial charge is 0.497 e. The predicted octanol–water partition coefficient (Wildman–Crippen LogP) is 1.60. The summed E-state index contributed by atoms with van der Waals surface area (Å²) in [5.41, 5.74) is 0.946. The summed E-state index contributed by atoms with van der Waals surface area (Å²) in [5, 5.41) is 12.3. The fourth-order valence-electron chi connectivity index (χ4n) is 1.50. The molecule has 1 aliphatic rings. The standard InChI is InChI=1S/C11H11NO4/c1-15-8-4-2-7(3-5-8)10-6-9(11(13)14)12-16-10/h2-5,10H,6H2,1H3,(H,13,14). The maximum absolute atomic E-state index is 10.6. The molecule has 5 heteroatoms. The van der Waals surface area contributed by atoms with Crippen molar-refractivity contribution in [3.63, 3.8) is 0 Å². The van der Waals surface area contributed by atoms with E-state index in [-0.39, 0.29) is 11.8 Å². The Morgan fingerprint density at radius 2 is 2.19 bits per heavy atom. The van der Waals surface area contributed by atoms with Gasteiger partial charge in [0.2, 0.25) is 0 Å². The van der Waals surface area contributed by atoms with Gasteiger partial charge in [-0.3, -0.25) is 0 Å². The van der Waals surface area contributed by atoms with Gasteiger partial charge in [0.25, 0.3) is 0 Å². The Bertz CT molecular complexity index is 424. The number of rotatable bonds is 3. The number of carboxylic acid groups (broad SMARTS) is 1. The Balaban J connectivity index is 2.07. The van der Waals surface area contributed by atoms with Crippen molar-refractivity contribution in [1.29, 1.82) is 0 Å². The average Bonchev–Trinajstić information content (AvgIpc) is 2.78. The second-order valence-electron chi connectivity index (χ2n) is 3.41. The Labute approximate surface area is 92.3 Å². The lowest BCUT2D eigenvalue weighted by molar-refractivity contribution is -0.129. The highest BCUT2D eigenvalue weighted by molar-refractivity contribution is 6.35. The van der Waals surface area contributed by atoms with Crippen LogP contribution in [-0.4, -0.2) is 23.9 Å². The highest BCUT2D eigenvalue weighted by Crippen LogP contribution is 2.28. The van der Waals surface area contributed by atoms with Gasteiger partial charge in [0.05, 0.1) is 7.11 Å². The molecule has 0 bridgehead atoms. The second kappa shape index (κ2) is 4.22. The van der Waals surface area contributed by atoms with E-state index in [0.717, 1.165) is 11.3 Å². The minimum Gasteiger partial charge on any atom is -0.497 e. The first kappa shape index (κ1) is 10.5. The molecule has 0 saturated carbocycles. The predicted molar refractivity (Wildman–Crippen MR) is 56.5 cm³/mol. The molecule has 5 nitrogen and oxygen atoms in total. The number of nitrogens with zero attached hydrogens (tertiary/aromatic N) is 1. The van der Waals surface area contributed by atoms with Gasteiger partial charge in [-0.25, -0.2) is 4.79 Å². The molecule has 1 aliphatic heterocycles. The maximum Gasteiger partial charge on any atom is 0.353 e. The molecule has 0 amide bonds. The molecule has 1 atom stereocenters. The van der Waals surface area contributed by atoms with Crippen LogP contribution in [0.25, 0.3) is 0 Å². The summed E-state index contributed by atoms with van der Waals surface area (Å²) in [6, 6.07) is 7.28. The highest BCUT2D eigenvalue weighted by atomic mass is 16.6. The molecule has 0 aliphatic carbocycles. The van der Waals surface area contributed by atoms with E-state index < -0.39 is 5.97 Å². The zero-order chi connectivity index (χ0) is 11.5. The molecule has 2 rings (SSSR count). The lowest BCUT2D eigenvalue weighted by Gasteiger charge is -2.08. The fourth-order valence-corrected chi connectivity index (χ4v) is 1.50. The summed E-state index contributed by atoms with van der Waals surface area (Å²) < 4.78 is 5.03. The molecule has 1 unspecified atom stereocenters. The summed E-state index contributed by atoms with van der Waals surface area (Å²) in [5.74, 6) is -0.280. The van der Waals surface area contributed by atoms with Crippen LogP contribution in [0.5, 0.6) is 5.75 Å². The van der Waals surface area contributed by atoms with Crippen molar-refractivity contribution in [3.8, 4) is 5.75 Å². The normalized spacial score (nSPS) is 18.8. The molecule has 0 saturated heterocycles. The Morgan fingerprint density at radius 1 is 1.50 bits per heavy atom. The molecular formula is C11H11NO4. The van der Waals surface area contributed by atoms with E-state index in [2.05, 4.69) is 5.16 Å². The maximum atomic E-state index is 10.6. The van der Waals surface area contributed by atoms with Crippen molar-refractivity contribution in [2.24, 2.45) is 5.16 Å². The molecule has 84 valence electrons. The number of carbonyl (C=O) groups is 1. The quantitative estimate of drug-likeness (QED) is 0.841. The molecule has 1 N–H and O–H groups in total. The fraction of sp³-hybridized carbons (Fsp3) is 0.273. The van der Waals surface area contributed by atoms with Crippen LogP contribution in [0.4, 0.5) is 0 Å². The Kier molecular flexibility index (Phi) is 2.76. The first-order chi connectivity index (χ1) is 7.70. The minimum atomic E-state index is -1.03. The van der Waals surface area contributed by atoms with Crippen LogP contribution in [0.3, 0.4) is 0 Å². The van der Waals surface area contributed by atoms with Crippen LogP contribution < -0.4 is 4.74 Å². The molecule has 0 fully saturated rings. The average molecular weight is 221 g/mol. The third-order valence-electron chi connectivity index (χ3n) is 2.40. The molecule has 16 heavy (non-hydrogen) atoms. The van der Waals surface area contributed by atoms with Gasteiger partial charge in [-0.2, -0.15) is 0 Å². The molecule has 1 aromatic rings. The van der Waals surface area contributed by atoms with Crippen LogP contribution in [0, 0.1) is 0 Å². The van der Waals surface area contributed by atoms with Crippen molar-refractivity contribution < 1.29 is 19.5 Å². The van der Waals surface area contributed by atoms with Crippen molar-refractivity contribution >= 4 is 11.7 Å². The van der Waals surface area contributed by atoms with E-state index in [1.807, 2.05) is 12.1 Å². The van der Waals surface area contributed by atoms with Crippen LogP contribution in [0.15, 0.2) is 29.4 Å². The third kappa shape index (κ3) is 1.98. The van der Waals surface area contributed by atoms with E-state index in [9.17, 15) is 4.79 Å². The minimum absolute atomic E-state index is 0.0563. The first-order valence-corrected chi connectivity index (χ1v) is 4.80. The molecule has 1 heterocycles. The van der Waals surface area contributed by atoms with Crippen molar-refractivity contribution in [2.45, 2.75) is 12.5 Å². The van der Waals surface area contributed by atoms with Gasteiger partial charge >= 0.3 is 5.97 Å². The summed E-state index contributed by atoms with van der Waals surface area (Å²) in [4.78, 5) is 15.7. The van der Waals surface area contributed by atoms with E-state index in [1.54, 1.807) is 19.2 Å². The SMILES string of the molecule is COc1ccc(C2CC(C(=O)O)=NO2)cc1. The number of oxime groups is 1. The number of carboxylic acids is 1. The lowest BCUT2D eigenvalue weighted by Crippen LogP contribution is -2.11. The summed E-state index contributed by atoms with van der Waals surface area (Å²) in [6.45, 7) is 0. The van der Waals surface area contributed by atoms with Gasteiger partial charge < -0.3 is 14.7 Å². The Morgan fingerprint density at radius 3 is 2.69 bits per heavy atom. The van der Waals surface area contributed by atoms with Crippen LogP contribution in [0.2, 0.25) is 0 Å². The van der Waals surface area contributed by atoms with Gasteiger partial charge in [-0.1, -0.05) is 17.3 Å². The first-order valence-electron chi connectivity index (χ1n) is 4.80. The van der Waals surface area contributed by atoms with E-state index in [0.29, 0.717) is 6.42 Å². The van der Waals surface area contributed by atoms with Crippen molar-refractivity contribution in [3.05, 3.63) is 29.8 Å². The third-order valence-corrected chi connectivity index (χ3v) is 2.40. The molecule has 0 spiro atoms. The number of hydrogen-bond donors (Lipinski definition) is 1. The number of methoxy groups -OCH3 is 1. The second-order valence-corrected chi connectivity index (χ2v) is 3.41. The number of ether oxygens (including phenoxy) is 1. The zero-order valence-electron chi connectivity index (χ0n) is 8.71. The van der Waals surface area contributed by atoms with Crippen LogP contribution >= 0.6 is 0 Å². The monoisotopic (exact) mass is 221 g/mol. The van der Waals surface area contributed by atoms with Gasteiger partial charge in [0, 0.05) is 6.42 Å². The highest BCUT2D eigenvalue weighted by Gasteiger charge is 2.26. The van der Waals surface area contributed by atoms with Crippen molar-refractivity contribution in [2.75, 3.05) is 7.11 Å². The van der Waals surface area contributed by atoms with E-state index in [4.69, 9.17) is 14.7 Å². The topological polar surface area (TPSA) is 68.1 Å². The van der Waals surface area contributed by atoms with Crippen LogP contribution in [-0.2, 0) is 9.63 Å².